The van der Waals surface area contributed by atoms with Crippen molar-refractivity contribution in [3.63, 3.8) is 0 Å². The Morgan fingerprint density at radius 1 is 1.11 bits per heavy atom. The van der Waals surface area contributed by atoms with Crippen LogP contribution in [0.4, 0.5) is 39.5 Å². The Balaban J connectivity index is 2.09. The molecule has 1 aromatic heterocycles. The van der Waals surface area contributed by atoms with Gasteiger partial charge >= 0.3 is 23.9 Å². The van der Waals surface area contributed by atoms with Crippen LogP contribution in [0.1, 0.15) is 22.6 Å². The van der Waals surface area contributed by atoms with Crippen molar-refractivity contribution >= 4 is 17.3 Å². The third-order valence-corrected chi connectivity index (χ3v) is 4.29. The van der Waals surface area contributed by atoms with Crippen molar-refractivity contribution in [2.75, 3.05) is 26.7 Å². The van der Waals surface area contributed by atoms with Gasteiger partial charge in [0.25, 0.3) is 5.88 Å². The summed E-state index contributed by atoms with van der Waals surface area (Å²) in [5, 5.41) is 0. The number of ether oxygens (including phenoxy) is 1. The molecule has 0 aromatic carbocycles. The van der Waals surface area contributed by atoms with E-state index in [-0.39, 0.29) is 30.8 Å². The molecule has 1 aliphatic heterocycles. The number of likely N-dealkylation sites (N-methyl/N-ethyl adjacent to an activating group) is 1. The first-order valence-electron chi connectivity index (χ1n) is 9.02. The summed E-state index contributed by atoms with van der Waals surface area (Å²) < 4.78 is 150. The Labute approximate surface area is 161 Å². The highest BCUT2D eigenvalue weighted by Gasteiger charge is 2.81. The van der Waals surface area contributed by atoms with Crippen LogP contribution < -0.4 is 4.74 Å². The topological polar surface area (TPSA) is 38.2 Å². The van der Waals surface area contributed by atoms with E-state index in [1.807, 2.05) is 0 Å². The van der Waals surface area contributed by atoms with Gasteiger partial charge in [-0.2, -0.15) is 43.9 Å². The summed E-state index contributed by atoms with van der Waals surface area (Å²) in [6.45, 7) is -3.79. The van der Waals surface area contributed by atoms with E-state index in [0.717, 1.165) is 4.90 Å². The third-order valence-electron chi connectivity index (χ3n) is 3.78. The van der Waals surface area contributed by atoms with Crippen molar-refractivity contribution < 1.29 is 48.4 Å². The predicted molar refractivity (Wildman–Crippen MR) is 81.0 cm³/mol. The van der Waals surface area contributed by atoms with Gasteiger partial charge in [-0.05, 0) is 19.0 Å². The van der Waals surface area contributed by atoms with E-state index in [0.29, 0.717) is 11.7 Å². The molecule has 0 saturated heterocycles. The van der Waals surface area contributed by atoms with Crippen molar-refractivity contribution in [3.05, 3.63) is 11.8 Å². The van der Waals surface area contributed by atoms with Crippen molar-refractivity contribution in [3.8, 4) is 5.88 Å². The molecule has 1 aliphatic rings. The fourth-order valence-electron chi connectivity index (χ4n) is 2.23. The summed E-state index contributed by atoms with van der Waals surface area (Å²) >= 11 is 0.510. The maximum atomic E-state index is 13.6. The van der Waals surface area contributed by atoms with Gasteiger partial charge in [0.15, 0.2) is 0 Å². The standard InChI is InChI=1S/C14H14F9N3OS/c1-26-5-2-3-8(7-26)9-10(25-28-24-9)27-6-4-11(15,16)12(17,18)13(19,20)14(21,22)23/h3H,2,4-7H2,1H3/i1D3. The Bertz CT molecular complexity index is 811. The average Bonchev–Trinajstić information content (AvgIpc) is 3.08. The van der Waals surface area contributed by atoms with E-state index in [1.54, 1.807) is 6.08 Å². The largest absolute Gasteiger partial charge is 0.475 e. The molecule has 2 heterocycles. The van der Waals surface area contributed by atoms with Gasteiger partial charge < -0.3 is 9.64 Å². The van der Waals surface area contributed by atoms with Gasteiger partial charge in [-0.15, -0.1) is 4.37 Å². The summed E-state index contributed by atoms with van der Waals surface area (Å²) in [7, 11) is 0. The molecule has 160 valence electrons. The zero-order chi connectivity index (χ0) is 23.9. The second-order valence-electron chi connectivity index (χ2n) is 5.81. The summed E-state index contributed by atoms with van der Waals surface area (Å²) in [5.41, 5.74) is 0.210. The molecule has 0 amide bonds. The van der Waals surface area contributed by atoms with Gasteiger partial charge in [0.05, 0.1) is 24.8 Å². The Morgan fingerprint density at radius 2 is 1.79 bits per heavy atom. The van der Waals surface area contributed by atoms with Gasteiger partial charge in [0.2, 0.25) is 0 Å². The van der Waals surface area contributed by atoms with Gasteiger partial charge in [0, 0.05) is 17.2 Å². The lowest BCUT2D eigenvalue weighted by Crippen LogP contribution is -2.61. The summed E-state index contributed by atoms with van der Waals surface area (Å²) in [5.74, 6) is -19.9. The first-order chi connectivity index (χ1) is 13.9. The highest BCUT2D eigenvalue weighted by atomic mass is 32.1. The number of alkyl halides is 9. The summed E-state index contributed by atoms with van der Waals surface area (Å²) in [6.07, 6.45) is -7.22. The van der Waals surface area contributed by atoms with Crippen LogP contribution in [0.5, 0.6) is 5.88 Å². The first-order valence-corrected chi connectivity index (χ1v) is 8.25. The molecule has 1 aromatic rings. The van der Waals surface area contributed by atoms with Crippen molar-refractivity contribution in [2.24, 2.45) is 0 Å². The molecular formula is C14H14F9N3OS. The molecule has 2 rings (SSSR count). The molecule has 0 bridgehead atoms. The number of nitrogens with zero attached hydrogens (tertiary/aromatic N) is 3. The van der Waals surface area contributed by atoms with Crippen molar-refractivity contribution in [1.82, 2.24) is 13.6 Å². The molecule has 0 unspecified atom stereocenters. The number of rotatable bonds is 7. The molecule has 28 heavy (non-hydrogen) atoms. The molecular weight excluding hydrogens is 429 g/mol. The Hall–Kier alpha value is -1.57. The first kappa shape index (κ1) is 18.5. The Kier molecular flexibility index (Phi) is 5.07. The lowest BCUT2D eigenvalue weighted by molar-refractivity contribution is -0.397. The highest BCUT2D eigenvalue weighted by Crippen LogP contribution is 2.54. The van der Waals surface area contributed by atoms with Crippen LogP contribution in [0.3, 0.4) is 0 Å². The minimum Gasteiger partial charge on any atom is -0.475 e. The van der Waals surface area contributed by atoms with Gasteiger partial charge in [-0.25, -0.2) is 0 Å². The van der Waals surface area contributed by atoms with E-state index in [2.05, 4.69) is 8.75 Å². The SMILES string of the molecule is [2H]C([2H])([2H])N1CCC=C(c2nsnc2OCCC(F)(F)C(F)(F)C(F)(F)C(F)(F)F)C1. The average molecular weight is 446 g/mol. The minimum atomic E-state index is -6.97. The molecule has 0 aliphatic carbocycles. The molecule has 0 radical (unpaired) electrons. The maximum Gasteiger partial charge on any atom is 0.460 e. The van der Waals surface area contributed by atoms with E-state index >= 15 is 0 Å². The van der Waals surface area contributed by atoms with Crippen LogP contribution in [-0.4, -0.2) is 64.3 Å². The number of halogens is 9. The van der Waals surface area contributed by atoms with Gasteiger partial charge in [0.1, 0.15) is 5.69 Å². The molecule has 0 saturated carbocycles. The minimum absolute atomic E-state index is 0.0744. The quantitative estimate of drug-likeness (QED) is 0.579. The second-order valence-corrected chi connectivity index (χ2v) is 6.34. The lowest BCUT2D eigenvalue weighted by Gasteiger charge is -2.33. The fourth-order valence-corrected chi connectivity index (χ4v) is 2.76. The fraction of sp³-hybridized carbons (Fsp3) is 0.714. The van der Waals surface area contributed by atoms with E-state index in [4.69, 9.17) is 8.85 Å². The molecule has 0 spiro atoms. The highest BCUT2D eigenvalue weighted by molar-refractivity contribution is 6.99. The van der Waals surface area contributed by atoms with E-state index < -0.39 is 49.8 Å². The van der Waals surface area contributed by atoms with Gasteiger partial charge in [-0.1, -0.05) is 6.08 Å². The van der Waals surface area contributed by atoms with Crippen LogP contribution in [-0.2, 0) is 0 Å². The van der Waals surface area contributed by atoms with Crippen LogP contribution >= 0.6 is 11.7 Å². The van der Waals surface area contributed by atoms with Gasteiger partial charge in [-0.3, -0.25) is 0 Å². The zero-order valence-corrected chi connectivity index (χ0v) is 14.5. The third kappa shape index (κ3) is 4.21. The van der Waals surface area contributed by atoms with Crippen molar-refractivity contribution in [2.45, 2.75) is 36.8 Å². The predicted octanol–water partition coefficient (Wildman–Crippen LogP) is 4.49. The summed E-state index contributed by atoms with van der Waals surface area (Å²) in [6, 6.07) is 0. The molecule has 0 N–H and O–H groups in total. The number of hydrogen-bond acceptors (Lipinski definition) is 5. The summed E-state index contributed by atoms with van der Waals surface area (Å²) in [4.78, 5) is 1.10. The van der Waals surface area contributed by atoms with Crippen LogP contribution in [0.25, 0.3) is 5.57 Å². The van der Waals surface area contributed by atoms with Crippen molar-refractivity contribution in [1.29, 1.82) is 0 Å². The van der Waals surface area contributed by atoms with Crippen LogP contribution in [0, 0.1) is 0 Å². The normalized spacial score (nSPS) is 19.6. The maximum absolute atomic E-state index is 13.6. The second kappa shape index (κ2) is 7.69. The van der Waals surface area contributed by atoms with Crippen LogP contribution in [0.2, 0.25) is 0 Å². The van der Waals surface area contributed by atoms with E-state index in [1.165, 1.54) is 0 Å². The van der Waals surface area contributed by atoms with Crippen LogP contribution in [0.15, 0.2) is 6.08 Å². The molecule has 14 heteroatoms. The Morgan fingerprint density at radius 3 is 2.39 bits per heavy atom. The molecule has 4 nitrogen and oxygen atoms in total. The monoisotopic (exact) mass is 446 g/mol. The molecule has 0 atom stereocenters. The lowest BCUT2D eigenvalue weighted by atomic mass is 10.0. The molecule has 0 fully saturated rings. The van der Waals surface area contributed by atoms with E-state index in [9.17, 15) is 39.5 Å². The zero-order valence-electron chi connectivity index (χ0n) is 16.7. The number of aromatic nitrogens is 2. The smallest absolute Gasteiger partial charge is 0.460 e. The number of hydrogen-bond donors (Lipinski definition) is 0.